The molecule has 0 saturated carbocycles. The van der Waals surface area contributed by atoms with E-state index in [0.29, 0.717) is 17.3 Å². The van der Waals surface area contributed by atoms with Crippen LogP contribution in [0.5, 0.6) is 0 Å². The molecule has 134 valence electrons. The van der Waals surface area contributed by atoms with Gasteiger partial charge in [0.2, 0.25) is 5.95 Å². The number of Topliss-reactive ketones (excluding diaryl/α,β-unsaturated/α-hetero) is 1. The predicted molar refractivity (Wildman–Crippen MR) is 97.9 cm³/mol. The molecule has 0 unspecified atom stereocenters. The first-order chi connectivity index (χ1) is 11.6. The van der Waals surface area contributed by atoms with Gasteiger partial charge in [0.15, 0.2) is 11.6 Å². The first-order valence-electron chi connectivity index (χ1n) is 7.47. The smallest absolute Gasteiger partial charge is 0.262 e. The van der Waals surface area contributed by atoms with Gasteiger partial charge in [-0.3, -0.25) is 9.52 Å². The van der Waals surface area contributed by atoms with Crippen LogP contribution in [0.3, 0.4) is 0 Å². The summed E-state index contributed by atoms with van der Waals surface area (Å²) >= 11 is 0. The molecule has 0 aliphatic heterocycles. The van der Waals surface area contributed by atoms with E-state index in [2.05, 4.69) is 14.7 Å². The van der Waals surface area contributed by atoms with Gasteiger partial charge in [-0.2, -0.15) is 4.98 Å². The third-order valence-corrected chi connectivity index (χ3v) is 4.74. The lowest BCUT2D eigenvalue weighted by Gasteiger charge is -2.19. The van der Waals surface area contributed by atoms with Crippen molar-refractivity contribution in [3.8, 4) is 0 Å². The molecular formula is C16H21N5O3S. The minimum atomic E-state index is -3.88. The van der Waals surface area contributed by atoms with Crippen molar-refractivity contribution in [1.82, 2.24) is 9.97 Å². The van der Waals surface area contributed by atoms with Crippen LogP contribution in [0.1, 0.15) is 17.3 Å². The lowest BCUT2D eigenvalue weighted by molar-refractivity contribution is 0.101. The Morgan fingerprint density at radius 1 is 1.12 bits per heavy atom. The Labute approximate surface area is 147 Å². The highest BCUT2D eigenvalue weighted by molar-refractivity contribution is 7.92. The fraction of sp³-hybridized carbons (Fsp3) is 0.312. The van der Waals surface area contributed by atoms with Gasteiger partial charge >= 0.3 is 0 Å². The molecule has 0 spiro atoms. The summed E-state index contributed by atoms with van der Waals surface area (Å²) in [4.78, 5) is 23.4. The summed E-state index contributed by atoms with van der Waals surface area (Å²) in [6.45, 7) is 1.39. The van der Waals surface area contributed by atoms with E-state index in [-0.39, 0.29) is 16.4 Å². The lowest BCUT2D eigenvalue weighted by atomic mass is 10.2. The number of sulfonamides is 1. The van der Waals surface area contributed by atoms with Gasteiger partial charge in [-0.1, -0.05) is 12.1 Å². The predicted octanol–water partition coefficient (Wildman–Crippen LogP) is 1.61. The molecule has 0 aliphatic carbocycles. The topological polar surface area (TPSA) is 95.5 Å². The van der Waals surface area contributed by atoms with E-state index in [1.807, 2.05) is 0 Å². The highest BCUT2D eigenvalue weighted by atomic mass is 32.2. The molecule has 8 nitrogen and oxygen atoms in total. The van der Waals surface area contributed by atoms with E-state index in [1.54, 1.807) is 44.1 Å². The van der Waals surface area contributed by atoms with Crippen molar-refractivity contribution in [2.75, 3.05) is 42.7 Å². The van der Waals surface area contributed by atoms with Crippen LogP contribution in [0.2, 0.25) is 0 Å². The van der Waals surface area contributed by atoms with E-state index in [4.69, 9.17) is 0 Å². The number of benzene rings is 1. The number of carbonyl (C=O) groups is 1. The summed E-state index contributed by atoms with van der Waals surface area (Å²) in [5.41, 5.74) is 0.582. The van der Waals surface area contributed by atoms with Crippen molar-refractivity contribution in [3.63, 3.8) is 0 Å². The van der Waals surface area contributed by atoms with E-state index in [1.165, 1.54) is 31.3 Å². The van der Waals surface area contributed by atoms with Crippen LogP contribution in [-0.4, -0.2) is 52.4 Å². The summed E-state index contributed by atoms with van der Waals surface area (Å²) in [7, 11) is 3.23. The number of anilines is 3. The maximum atomic E-state index is 12.7. The van der Waals surface area contributed by atoms with Crippen LogP contribution in [0, 0.1) is 0 Å². The molecule has 1 N–H and O–H groups in total. The molecule has 0 fully saturated rings. The number of hydrogen-bond acceptors (Lipinski definition) is 7. The number of ketones is 1. The average Bonchev–Trinajstić information content (AvgIpc) is 2.54. The molecule has 25 heavy (non-hydrogen) atoms. The molecule has 0 amide bonds. The number of hydrogen-bond donors (Lipinski definition) is 1. The third kappa shape index (κ3) is 4.24. The second-order valence-electron chi connectivity index (χ2n) is 5.89. The largest absolute Gasteiger partial charge is 0.361 e. The molecule has 2 rings (SSSR count). The van der Waals surface area contributed by atoms with E-state index >= 15 is 0 Å². The molecule has 0 bridgehead atoms. The van der Waals surface area contributed by atoms with Gasteiger partial charge in [-0.25, -0.2) is 13.4 Å². The number of carbonyl (C=O) groups excluding carboxylic acids is 1. The van der Waals surface area contributed by atoms with Gasteiger partial charge in [0.25, 0.3) is 10.0 Å². The van der Waals surface area contributed by atoms with Gasteiger partial charge in [0, 0.05) is 33.8 Å². The SMILES string of the molecule is CC(=O)c1cccc(S(=O)(=O)Nc2cnc(N(C)C)nc2N(C)C)c1. The molecule has 1 aromatic heterocycles. The molecule has 0 radical (unpaired) electrons. The third-order valence-electron chi connectivity index (χ3n) is 3.37. The highest BCUT2D eigenvalue weighted by Crippen LogP contribution is 2.26. The Balaban J connectivity index is 2.44. The summed E-state index contributed by atoms with van der Waals surface area (Å²) < 4.78 is 27.8. The summed E-state index contributed by atoms with van der Waals surface area (Å²) in [5.74, 6) is 0.694. The molecule has 0 saturated heterocycles. The second kappa shape index (κ2) is 7.06. The van der Waals surface area contributed by atoms with Crippen LogP contribution < -0.4 is 14.5 Å². The zero-order chi connectivity index (χ0) is 18.8. The van der Waals surface area contributed by atoms with Crippen molar-refractivity contribution in [2.45, 2.75) is 11.8 Å². The monoisotopic (exact) mass is 363 g/mol. The van der Waals surface area contributed by atoms with Crippen molar-refractivity contribution < 1.29 is 13.2 Å². The summed E-state index contributed by atoms with van der Waals surface area (Å²) in [6.07, 6.45) is 1.42. The Morgan fingerprint density at radius 2 is 1.80 bits per heavy atom. The maximum absolute atomic E-state index is 12.7. The number of aromatic nitrogens is 2. The Kier molecular flexibility index (Phi) is 5.27. The maximum Gasteiger partial charge on any atom is 0.262 e. The highest BCUT2D eigenvalue weighted by Gasteiger charge is 2.19. The normalized spacial score (nSPS) is 11.1. The number of rotatable bonds is 6. The fourth-order valence-electron chi connectivity index (χ4n) is 2.08. The van der Waals surface area contributed by atoms with Crippen LogP contribution in [0.4, 0.5) is 17.5 Å². The van der Waals surface area contributed by atoms with Crippen LogP contribution in [0.25, 0.3) is 0 Å². The second-order valence-corrected chi connectivity index (χ2v) is 7.57. The Hall–Kier alpha value is -2.68. The van der Waals surface area contributed by atoms with Crippen molar-refractivity contribution in [1.29, 1.82) is 0 Å². The van der Waals surface area contributed by atoms with Crippen molar-refractivity contribution >= 4 is 33.3 Å². The molecular weight excluding hydrogens is 342 g/mol. The Bertz CT molecular complexity index is 894. The molecule has 0 aliphatic rings. The number of nitrogens with zero attached hydrogens (tertiary/aromatic N) is 4. The van der Waals surface area contributed by atoms with Crippen LogP contribution in [0.15, 0.2) is 35.4 Å². The van der Waals surface area contributed by atoms with Crippen LogP contribution >= 0.6 is 0 Å². The van der Waals surface area contributed by atoms with E-state index < -0.39 is 10.0 Å². The quantitative estimate of drug-likeness (QED) is 0.779. The Morgan fingerprint density at radius 3 is 2.36 bits per heavy atom. The first-order valence-corrected chi connectivity index (χ1v) is 8.95. The molecule has 0 atom stereocenters. The molecule has 1 aromatic carbocycles. The van der Waals surface area contributed by atoms with Gasteiger partial charge in [0.1, 0.15) is 5.69 Å². The van der Waals surface area contributed by atoms with Gasteiger partial charge in [-0.05, 0) is 19.1 Å². The molecule has 1 heterocycles. The van der Waals surface area contributed by atoms with E-state index in [9.17, 15) is 13.2 Å². The first kappa shape index (κ1) is 18.7. The van der Waals surface area contributed by atoms with Gasteiger partial charge in [0.05, 0.1) is 11.1 Å². The van der Waals surface area contributed by atoms with Gasteiger partial charge in [-0.15, -0.1) is 0 Å². The number of nitrogens with one attached hydrogen (secondary N) is 1. The van der Waals surface area contributed by atoms with Crippen LogP contribution in [-0.2, 0) is 10.0 Å². The van der Waals surface area contributed by atoms with Crippen molar-refractivity contribution in [3.05, 3.63) is 36.0 Å². The summed E-state index contributed by atoms with van der Waals surface area (Å²) in [5, 5.41) is 0. The minimum absolute atomic E-state index is 0.00147. The lowest BCUT2D eigenvalue weighted by Crippen LogP contribution is -2.21. The zero-order valence-electron chi connectivity index (χ0n) is 14.8. The van der Waals surface area contributed by atoms with Gasteiger partial charge < -0.3 is 9.80 Å². The molecule has 9 heteroatoms. The average molecular weight is 363 g/mol. The van der Waals surface area contributed by atoms with Crippen molar-refractivity contribution in [2.24, 2.45) is 0 Å². The summed E-state index contributed by atoms with van der Waals surface area (Å²) in [6, 6.07) is 5.87. The molecule has 2 aromatic rings. The fourth-order valence-corrected chi connectivity index (χ4v) is 3.17. The van der Waals surface area contributed by atoms with E-state index in [0.717, 1.165) is 0 Å². The standard InChI is InChI=1S/C16H21N5O3S/c1-11(22)12-7-6-8-13(9-12)25(23,24)19-14-10-17-16(21(4)5)18-15(14)20(2)3/h6-10,19H,1-5H3. The zero-order valence-corrected chi connectivity index (χ0v) is 15.6. The minimum Gasteiger partial charge on any atom is -0.361 e.